The summed E-state index contributed by atoms with van der Waals surface area (Å²) in [5.41, 5.74) is 8.63. The maximum absolute atomic E-state index is 5.90. The van der Waals surface area contributed by atoms with Gasteiger partial charge in [0.25, 0.3) is 0 Å². The Hall–Kier alpha value is -0.540. The lowest BCUT2D eigenvalue weighted by atomic mass is 10.0. The molecule has 1 aliphatic heterocycles. The van der Waals surface area contributed by atoms with Gasteiger partial charge in [-0.3, -0.25) is 0 Å². The molecule has 2 N–H and O–H groups in total. The molecule has 17 heavy (non-hydrogen) atoms. The van der Waals surface area contributed by atoms with E-state index in [4.69, 9.17) is 5.73 Å². The van der Waals surface area contributed by atoms with Gasteiger partial charge in [-0.2, -0.15) is 0 Å². The fraction of sp³-hybridized carbons (Fsp3) is 0.571. The van der Waals surface area contributed by atoms with Gasteiger partial charge in [0, 0.05) is 22.6 Å². The van der Waals surface area contributed by atoms with Gasteiger partial charge in [-0.05, 0) is 67.2 Å². The van der Waals surface area contributed by atoms with E-state index in [-0.39, 0.29) is 11.6 Å². The highest BCUT2D eigenvalue weighted by Crippen LogP contribution is 2.38. The van der Waals surface area contributed by atoms with E-state index >= 15 is 0 Å². The Balaban J connectivity index is 2.34. The van der Waals surface area contributed by atoms with Crippen LogP contribution < -0.4 is 10.6 Å². The van der Waals surface area contributed by atoms with E-state index in [1.165, 1.54) is 24.1 Å². The van der Waals surface area contributed by atoms with Crippen LogP contribution in [0.3, 0.4) is 0 Å². The van der Waals surface area contributed by atoms with E-state index in [9.17, 15) is 0 Å². The smallest absolute Gasteiger partial charge is 0.0515 e. The van der Waals surface area contributed by atoms with Crippen LogP contribution in [0.1, 0.15) is 45.2 Å². The molecule has 0 amide bonds. The van der Waals surface area contributed by atoms with E-state index in [2.05, 4.69) is 52.9 Å². The molecular formula is C14H21BrN2. The molecule has 1 unspecified atom stereocenters. The zero-order valence-corrected chi connectivity index (χ0v) is 12.4. The van der Waals surface area contributed by atoms with Gasteiger partial charge in [-0.15, -0.1) is 0 Å². The van der Waals surface area contributed by atoms with Crippen LogP contribution in [0.2, 0.25) is 0 Å². The number of halogens is 1. The SMILES string of the molecule is CC(N)c1ccc(N2CCCC2(C)C)c(Br)c1. The third-order valence-corrected chi connectivity index (χ3v) is 4.32. The van der Waals surface area contributed by atoms with Crippen molar-refractivity contribution >= 4 is 21.6 Å². The molecule has 2 rings (SSSR count). The second-order valence-corrected chi connectivity index (χ2v) is 6.42. The average molecular weight is 297 g/mol. The van der Waals surface area contributed by atoms with Gasteiger partial charge in [0.1, 0.15) is 0 Å². The van der Waals surface area contributed by atoms with Gasteiger partial charge < -0.3 is 10.6 Å². The van der Waals surface area contributed by atoms with Gasteiger partial charge in [-0.25, -0.2) is 0 Å². The number of benzene rings is 1. The molecule has 0 radical (unpaired) electrons. The van der Waals surface area contributed by atoms with Crippen molar-refractivity contribution in [2.75, 3.05) is 11.4 Å². The molecule has 3 heteroatoms. The minimum atomic E-state index is 0.0898. The highest BCUT2D eigenvalue weighted by Gasteiger charge is 2.32. The van der Waals surface area contributed by atoms with Crippen LogP contribution in [0.4, 0.5) is 5.69 Å². The predicted molar refractivity (Wildman–Crippen MR) is 77.4 cm³/mol. The van der Waals surface area contributed by atoms with E-state index in [0.29, 0.717) is 0 Å². The van der Waals surface area contributed by atoms with Gasteiger partial charge in [0.2, 0.25) is 0 Å². The lowest BCUT2D eigenvalue weighted by molar-refractivity contribution is 0.517. The molecule has 0 aromatic heterocycles. The lowest BCUT2D eigenvalue weighted by Crippen LogP contribution is -2.38. The standard InChI is InChI=1S/C14H21BrN2/c1-10(16)11-5-6-13(12(15)9-11)17-8-4-7-14(17,2)3/h5-6,9-10H,4,7-8,16H2,1-3H3. The molecule has 1 aromatic rings. The van der Waals surface area contributed by atoms with E-state index in [1.807, 2.05) is 6.92 Å². The van der Waals surface area contributed by atoms with Crippen molar-refractivity contribution < 1.29 is 0 Å². The highest BCUT2D eigenvalue weighted by atomic mass is 79.9. The summed E-state index contributed by atoms with van der Waals surface area (Å²) in [5.74, 6) is 0. The van der Waals surface area contributed by atoms with Crippen LogP contribution in [0.15, 0.2) is 22.7 Å². The number of anilines is 1. The summed E-state index contributed by atoms with van der Waals surface area (Å²) in [6, 6.07) is 6.57. The maximum atomic E-state index is 5.90. The molecule has 1 heterocycles. The van der Waals surface area contributed by atoms with Gasteiger partial charge in [0.05, 0.1) is 5.69 Å². The first-order valence-corrected chi connectivity index (χ1v) is 7.04. The average Bonchev–Trinajstić information content (AvgIpc) is 2.58. The summed E-state index contributed by atoms with van der Waals surface area (Å²) in [4.78, 5) is 2.49. The Morgan fingerprint density at radius 2 is 2.12 bits per heavy atom. The molecule has 0 saturated carbocycles. The number of nitrogens with two attached hydrogens (primary N) is 1. The molecular weight excluding hydrogens is 276 g/mol. The molecule has 0 aliphatic carbocycles. The topological polar surface area (TPSA) is 29.3 Å². The third-order valence-electron chi connectivity index (χ3n) is 3.69. The molecule has 1 aliphatic rings. The van der Waals surface area contributed by atoms with Crippen molar-refractivity contribution in [2.45, 2.75) is 45.2 Å². The quantitative estimate of drug-likeness (QED) is 0.898. The zero-order chi connectivity index (χ0) is 12.6. The van der Waals surface area contributed by atoms with Gasteiger partial charge in [0.15, 0.2) is 0 Å². The molecule has 1 aromatic carbocycles. The maximum Gasteiger partial charge on any atom is 0.0515 e. The minimum absolute atomic E-state index is 0.0898. The second-order valence-electron chi connectivity index (χ2n) is 5.57. The Bertz CT molecular complexity index is 413. The van der Waals surface area contributed by atoms with Crippen LogP contribution in [0.5, 0.6) is 0 Å². The summed E-state index contributed by atoms with van der Waals surface area (Å²) in [6.45, 7) is 7.78. The number of hydrogen-bond acceptors (Lipinski definition) is 2. The first kappa shape index (κ1) is 12.9. The van der Waals surface area contributed by atoms with Crippen molar-refractivity contribution in [3.8, 4) is 0 Å². The molecule has 0 bridgehead atoms. The van der Waals surface area contributed by atoms with Gasteiger partial charge >= 0.3 is 0 Å². The Kier molecular flexibility index (Phi) is 3.50. The summed E-state index contributed by atoms with van der Waals surface area (Å²) >= 11 is 3.68. The molecule has 1 fully saturated rings. The molecule has 2 nitrogen and oxygen atoms in total. The molecule has 1 saturated heterocycles. The first-order chi connectivity index (χ1) is 7.92. The summed E-state index contributed by atoms with van der Waals surface area (Å²) in [6.07, 6.45) is 2.53. The van der Waals surface area contributed by atoms with Crippen LogP contribution >= 0.6 is 15.9 Å². The monoisotopic (exact) mass is 296 g/mol. The van der Waals surface area contributed by atoms with Crippen LogP contribution in [-0.4, -0.2) is 12.1 Å². The van der Waals surface area contributed by atoms with Crippen molar-refractivity contribution in [3.05, 3.63) is 28.2 Å². The first-order valence-electron chi connectivity index (χ1n) is 6.24. The highest BCUT2D eigenvalue weighted by molar-refractivity contribution is 9.10. The van der Waals surface area contributed by atoms with Crippen molar-refractivity contribution in [2.24, 2.45) is 5.73 Å². The van der Waals surface area contributed by atoms with E-state index in [0.717, 1.165) is 11.0 Å². The van der Waals surface area contributed by atoms with E-state index < -0.39 is 0 Å². The fourth-order valence-corrected chi connectivity index (χ4v) is 3.19. The third kappa shape index (κ3) is 2.50. The van der Waals surface area contributed by atoms with Crippen molar-refractivity contribution in [3.63, 3.8) is 0 Å². The minimum Gasteiger partial charge on any atom is -0.366 e. The summed E-state index contributed by atoms with van der Waals surface area (Å²) in [7, 11) is 0. The Morgan fingerprint density at radius 1 is 1.41 bits per heavy atom. The summed E-state index contributed by atoms with van der Waals surface area (Å²) in [5, 5.41) is 0. The number of nitrogens with zero attached hydrogens (tertiary/aromatic N) is 1. The molecule has 0 spiro atoms. The normalized spacial score (nSPS) is 20.6. The zero-order valence-electron chi connectivity index (χ0n) is 10.8. The van der Waals surface area contributed by atoms with Crippen LogP contribution in [0.25, 0.3) is 0 Å². The number of rotatable bonds is 2. The Labute approximate surface area is 112 Å². The second kappa shape index (κ2) is 4.62. The van der Waals surface area contributed by atoms with Gasteiger partial charge in [-0.1, -0.05) is 6.07 Å². The predicted octanol–water partition coefficient (Wildman–Crippen LogP) is 3.85. The van der Waals surface area contributed by atoms with E-state index in [1.54, 1.807) is 0 Å². The fourth-order valence-electron chi connectivity index (χ4n) is 2.58. The molecule has 94 valence electrons. The lowest BCUT2D eigenvalue weighted by Gasteiger charge is -2.34. The van der Waals surface area contributed by atoms with Crippen LogP contribution in [0, 0.1) is 0 Å². The van der Waals surface area contributed by atoms with Crippen molar-refractivity contribution in [1.82, 2.24) is 0 Å². The number of hydrogen-bond donors (Lipinski definition) is 1. The molecule has 1 atom stereocenters. The summed E-state index contributed by atoms with van der Waals surface area (Å²) < 4.78 is 1.15. The van der Waals surface area contributed by atoms with Crippen LogP contribution in [-0.2, 0) is 0 Å². The van der Waals surface area contributed by atoms with Crippen molar-refractivity contribution in [1.29, 1.82) is 0 Å². The largest absolute Gasteiger partial charge is 0.366 e. The Morgan fingerprint density at radius 3 is 2.59 bits per heavy atom.